The van der Waals surface area contributed by atoms with Crippen molar-refractivity contribution < 1.29 is 17.9 Å². The van der Waals surface area contributed by atoms with Crippen molar-refractivity contribution in [1.29, 1.82) is 0 Å². The molecule has 0 bridgehead atoms. The van der Waals surface area contributed by atoms with Crippen molar-refractivity contribution >= 4 is 5.69 Å². The molecule has 0 aromatic carbocycles. The zero-order valence-electron chi connectivity index (χ0n) is 14.3. The summed E-state index contributed by atoms with van der Waals surface area (Å²) in [5, 5.41) is 8.64. The number of aromatic nitrogens is 3. The highest BCUT2D eigenvalue weighted by atomic mass is 19.4. The van der Waals surface area contributed by atoms with Gasteiger partial charge in [-0.3, -0.25) is 4.79 Å². The zero-order valence-corrected chi connectivity index (χ0v) is 14.3. The van der Waals surface area contributed by atoms with Crippen molar-refractivity contribution in [3.8, 4) is 5.88 Å². The minimum Gasteiger partial charge on any atom is -0.474 e. The molecule has 0 unspecified atom stereocenters. The summed E-state index contributed by atoms with van der Waals surface area (Å²) in [6.45, 7) is 2.16. The smallest absolute Gasteiger partial charge is 0.423 e. The van der Waals surface area contributed by atoms with Crippen LogP contribution in [0.2, 0.25) is 0 Å². The fourth-order valence-electron chi connectivity index (χ4n) is 3.46. The lowest BCUT2D eigenvalue weighted by molar-refractivity contribution is -0.138. The number of fused-ring (bicyclic) bond motifs is 1. The fraction of sp³-hybridized carbons (Fsp3) is 0.471. The summed E-state index contributed by atoms with van der Waals surface area (Å²) in [4.78, 5) is 17.6. The van der Waals surface area contributed by atoms with E-state index in [1.165, 1.54) is 4.90 Å². The van der Waals surface area contributed by atoms with Crippen molar-refractivity contribution in [2.24, 2.45) is 0 Å². The summed E-state index contributed by atoms with van der Waals surface area (Å²) in [6.07, 6.45) is -1.88. The monoisotopic (exact) mass is 381 g/mol. The first-order valence-corrected chi connectivity index (χ1v) is 8.68. The number of rotatable bonds is 3. The van der Waals surface area contributed by atoms with Crippen LogP contribution in [-0.4, -0.2) is 34.4 Å². The van der Waals surface area contributed by atoms with E-state index in [1.807, 2.05) is 11.2 Å². The molecule has 1 fully saturated rings. The second-order valence-electron chi connectivity index (χ2n) is 6.64. The summed E-state index contributed by atoms with van der Waals surface area (Å²) in [5.41, 5.74) is -1.28. The van der Waals surface area contributed by atoms with Crippen LogP contribution in [0, 0.1) is 0 Å². The first-order valence-electron chi connectivity index (χ1n) is 8.68. The molecule has 2 aromatic rings. The Labute approximate surface area is 152 Å². The first-order chi connectivity index (χ1) is 12.9. The molecule has 144 valence electrons. The maximum atomic E-state index is 13.3. The lowest BCUT2D eigenvalue weighted by Gasteiger charge is -2.23. The van der Waals surface area contributed by atoms with Crippen molar-refractivity contribution in [3.05, 3.63) is 45.5 Å². The summed E-state index contributed by atoms with van der Waals surface area (Å²) in [7, 11) is 0. The van der Waals surface area contributed by atoms with Crippen LogP contribution in [0.1, 0.15) is 29.7 Å². The van der Waals surface area contributed by atoms with Crippen LogP contribution < -0.4 is 20.5 Å². The molecular formula is C17H18F3N5O2. The van der Waals surface area contributed by atoms with Gasteiger partial charge in [-0.25, -0.2) is 10.1 Å². The number of ether oxygens (including phenoxy) is 1. The molecule has 1 saturated heterocycles. The number of nitrogens with one attached hydrogen (secondary N) is 2. The number of pyridine rings is 1. The molecular weight excluding hydrogens is 363 g/mol. The highest BCUT2D eigenvalue weighted by molar-refractivity contribution is 5.55. The summed E-state index contributed by atoms with van der Waals surface area (Å²) < 4.78 is 45.8. The molecule has 2 aliphatic heterocycles. The topological polar surface area (TPSA) is 83.1 Å². The molecule has 4 rings (SSSR count). The number of hydrogen-bond donors (Lipinski definition) is 2. The van der Waals surface area contributed by atoms with E-state index in [1.54, 1.807) is 6.07 Å². The van der Waals surface area contributed by atoms with E-state index in [2.05, 4.69) is 15.4 Å². The first kappa shape index (κ1) is 17.8. The van der Waals surface area contributed by atoms with Gasteiger partial charge in [0.25, 0.3) is 5.56 Å². The minimum absolute atomic E-state index is 0.0861. The predicted octanol–water partition coefficient (Wildman–Crippen LogP) is 1.83. The van der Waals surface area contributed by atoms with Crippen molar-refractivity contribution in [2.75, 3.05) is 18.0 Å². The van der Waals surface area contributed by atoms with Crippen molar-refractivity contribution in [2.45, 2.75) is 38.2 Å². The lowest BCUT2D eigenvalue weighted by atomic mass is 10.1. The van der Waals surface area contributed by atoms with E-state index in [-0.39, 0.29) is 24.9 Å². The Hall–Kier alpha value is -2.62. The van der Waals surface area contributed by atoms with Gasteiger partial charge in [0.05, 0.1) is 24.1 Å². The van der Waals surface area contributed by atoms with Gasteiger partial charge < -0.3 is 15.0 Å². The molecule has 7 nitrogen and oxygen atoms in total. The van der Waals surface area contributed by atoms with Crippen LogP contribution in [0.25, 0.3) is 0 Å². The molecule has 0 saturated carbocycles. The Morgan fingerprint density at radius 1 is 1.19 bits per heavy atom. The molecule has 2 aliphatic rings. The summed E-state index contributed by atoms with van der Waals surface area (Å²) >= 11 is 0. The van der Waals surface area contributed by atoms with Gasteiger partial charge in [0.1, 0.15) is 11.7 Å². The van der Waals surface area contributed by atoms with Gasteiger partial charge >= 0.3 is 6.18 Å². The van der Waals surface area contributed by atoms with E-state index < -0.39 is 17.3 Å². The van der Waals surface area contributed by atoms with Gasteiger partial charge in [-0.2, -0.15) is 18.3 Å². The SMILES string of the molecule is O=c1[nH]ncc(N2Cc3ccc(OC4CCNCC4)nc3C2)c1C(F)(F)F. The third kappa shape index (κ3) is 3.61. The number of aromatic amines is 1. The second-order valence-corrected chi connectivity index (χ2v) is 6.64. The number of nitrogens with zero attached hydrogens (tertiary/aromatic N) is 3. The average Bonchev–Trinajstić information content (AvgIpc) is 3.04. The number of anilines is 1. The predicted molar refractivity (Wildman–Crippen MR) is 90.5 cm³/mol. The number of hydrogen-bond acceptors (Lipinski definition) is 6. The second kappa shape index (κ2) is 6.84. The van der Waals surface area contributed by atoms with E-state index in [0.29, 0.717) is 11.6 Å². The van der Waals surface area contributed by atoms with Crippen LogP contribution in [0.3, 0.4) is 0 Å². The van der Waals surface area contributed by atoms with Crippen LogP contribution in [0.4, 0.5) is 18.9 Å². The lowest BCUT2D eigenvalue weighted by Crippen LogP contribution is -2.34. The van der Waals surface area contributed by atoms with Crippen LogP contribution in [0.5, 0.6) is 5.88 Å². The van der Waals surface area contributed by atoms with Gasteiger partial charge in [-0.15, -0.1) is 0 Å². The van der Waals surface area contributed by atoms with Gasteiger partial charge in [0, 0.05) is 12.6 Å². The standard InChI is InChI=1S/C17H18F3N5O2/c18-17(19,20)15-13(7-22-24-16(15)26)25-8-10-1-2-14(23-12(10)9-25)27-11-3-5-21-6-4-11/h1-2,7,11,21H,3-6,8-9H2,(H,24,26). The highest BCUT2D eigenvalue weighted by Gasteiger charge is 2.39. The van der Waals surface area contributed by atoms with Gasteiger partial charge in [-0.1, -0.05) is 0 Å². The molecule has 4 heterocycles. The Bertz CT molecular complexity index is 893. The molecule has 0 aliphatic carbocycles. The third-order valence-corrected chi connectivity index (χ3v) is 4.78. The van der Waals surface area contributed by atoms with E-state index in [9.17, 15) is 18.0 Å². The maximum Gasteiger partial charge on any atom is 0.423 e. The molecule has 2 N–H and O–H groups in total. The summed E-state index contributed by atoms with van der Waals surface area (Å²) in [5.74, 6) is 0.475. The number of alkyl halides is 3. The van der Waals surface area contributed by atoms with E-state index in [4.69, 9.17) is 4.74 Å². The number of H-pyrrole nitrogens is 1. The quantitative estimate of drug-likeness (QED) is 0.844. The molecule has 27 heavy (non-hydrogen) atoms. The Balaban J connectivity index is 1.57. The van der Waals surface area contributed by atoms with Gasteiger partial charge in [0.15, 0.2) is 0 Å². The van der Waals surface area contributed by atoms with E-state index >= 15 is 0 Å². The Kier molecular flexibility index (Phi) is 4.50. The van der Waals surface area contributed by atoms with Crippen LogP contribution in [0.15, 0.2) is 23.1 Å². The maximum absolute atomic E-state index is 13.3. The third-order valence-electron chi connectivity index (χ3n) is 4.78. The van der Waals surface area contributed by atoms with Crippen molar-refractivity contribution in [3.63, 3.8) is 0 Å². The van der Waals surface area contributed by atoms with Crippen LogP contribution >= 0.6 is 0 Å². The molecule has 2 aromatic heterocycles. The molecule has 0 spiro atoms. The minimum atomic E-state index is -4.77. The van der Waals surface area contributed by atoms with Gasteiger partial charge in [0.2, 0.25) is 5.88 Å². The zero-order chi connectivity index (χ0) is 19.0. The van der Waals surface area contributed by atoms with Gasteiger partial charge in [-0.05, 0) is 37.6 Å². The molecule has 0 radical (unpaired) electrons. The number of piperidine rings is 1. The largest absolute Gasteiger partial charge is 0.474 e. The molecule has 0 atom stereocenters. The molecule has 10 heteroatoms. The van der Waals surface area contributed by atoms with E-state index in [0.717, 1.165) is 37.7 Å². The Morgan fingerprint density at radius 3 is 2.70 bits per heavy atom. The fourth-order valence-corrected chi connectivity index (χ4v) is 3.46. The average molecular weight is 381 g/mol. The summed E-state index contributed by atoms with van der Waals surface area (Å²) in [6, 6.07) is 3.55. The molecule has 0 amide bonds. The highest BCUT2D eigenvalue weighted by Crippen LogP contribution is 2.36. The van der Waals surface area contributed by atoms with Crippen LogP contribution in [-0.2, 0) is 19.3 Å². The number of halogens is 3. The van der Waals surface area contributed by atoms with Crippen molar-refractivity contribution in [1.82, 2.24) is 20.5 Å². The Morgan fingerprint density at radius 2 is 1.96 bits per heavy atom. The normalized spacial score (nSPS) is 17.8.